The molecule has 106 valence electrons. The minimum absolute atomic E-state index is 0.192. The van der Waals surface area contributed by atoms with E-state index in [2.05, 4.69) is 20.7 Å². The van der Waals surface area contributed by atoms with Crippen molar-refractivity contribution in [2.45, 2.75) is 11.8 Å². The molecule has 2 aromatic carbocycles. The quantitative estimate of drug-likeness (QED) is 0.807. The lowest BCUT2D eigenvalue weighted by Gasteiger charge is -2.12. The molecule has 0 aliphatic heterocycles. The molecular formula is C13H10BrCl2NO2S. The van der Waals surface area contributed by atoms with Crippen LogP contribution in [0.3, 0.4) is 0 Å². The zero-order chi connectivity index (χ0) is 14.9. The molecule has 20 heavy (non-hydrogen) atoms. The van der Waals surface area contributed by atoms with Crippen molar-refractivity contribution < 1.29 is 8.42 Å². The van der Waals surface area contributed by atoms with Gasteiger partial charge in [-0.2, -0.15) is 0 Å². The van der Waals surface area contributed by atoms with Crippen molar-refractivity contribution in [2.75, 3.05) is 4.72 Å². The Hall–Kier alpha value is -0.750. The summed E-state index contributed by atoms with van der Waals surface area (Å²) < 4.78 is 27.9. The van der Waals surface area contributed by atoms with Gasteiger partial charge in [0, 0.05) is 9.50 Å². The summed E-state index contributed by atoms with van der Waals surface area (Å²) in [5.41, 5.74) is 0.932. The van der Waals surface area contributed by atoms with Gasteiger partial charge in [0.05, 0.1) is 15.6 Å². The van der Waals surface area contributed by atoms with E-state index in [1.807, 2.05) is 0 Å². The molecule has 7 heteroatoms. The second-order valence-corrected chi connectivity index (χ2v) is 7.55. The van der Waals surface area contributed by atoms with Crippen LogP contribution in [0.25, 0.3) is 0 Å². The molecule has 0 spiro atoms. The van der Waals surface area contributed by atoms with Crippen molar-refractivity contribution in [1.29, 1.82) is 0 Å². The Labute approximate surface area is 136 Å². The van der Waals surface area contributed by atoms with Crippen LogP contribution in [0.1, 0.15) is 5.56 Å². The van der Waals surface area contributed by atoms with E-state index in [0.717, 1.165) is 0 Å². The van der Waals surface area contributed by atoms with Gasteiger partial charge in [-0.05, 0) is 42.8 Å². The highest BCUT2D eigenvalue weighted by atomic mass is 79.9. The van der Waals surface area contributed by atoms with Crippen molar-refractivity contribution in [3.05, 3.63) is 56.5 Å². The van der Waals surface area contributed by atoms with Gasteiger partial charge in [0.25, 0.3) is 10.0 Å². The smallest absolute Gasteiger partial charge is 0.262 e. The molecule has 3 nitrogen and oxygen atoms in total. The number of sulfonamides is 1. The fraction of sp³-hybridized carbons (Fsp3) is 0.0769. The molecule has 0 atom stereocenters. The summed E-state index contributed by atoms with van der Waals surface area (Å²) in [7, 11) is -3.71. The average Bonchev–Trinajstić information content (AvgIpc) is 2.35. The molecule has 1 N–H and O–H groups in total. The summed E-state index contributed by atoms with van der Waals surface area (Å²) in [6, 6.07) is 9.62. The maximum Gasteiger partial charge on any atom is 0.262 e. The molecule has 0 saturated heterocycles. The van der Waals surface area contributed by atoms with Gasteiger partial charge >= 0.3 is 0 Å². The van der Waals surface area contributed by atoms with E-state index in [-0.39, 0.29) is 15.6 Å². The average molecular weight is 395 g/mol. The lowest BCUT2D eigenvalue weighted by molar-refractivity contribution is 0.600. The SMILES string of the molecule is Cc1ccc(Br)cc1S(=O)(=O)Nc1ccc(Cl)cc1Cl. The Morgan fingerprint density at radius 3 is 2.45 bits per heavy atom. The lowest BCUT2D eigenvalue weighted by Crippen LogP contribution is -2.14. The van der Waals surface area contributed by atoms with Gasteiger partial charge in [-0.1, -0.05) is 45.2 Å². The van der Waals surface area contributed by atoms with Crippen molar-refractivity contribution in [3.63, 3.8) is 0 Å². The Kier molecular flexibility index (Phi) is 4.64. The molecular weight excluding hydrogens is 385 g/mol. The topological polar surface area (TPSA) is 46.2 Å². The summed E-state index contributed by atoms with van der Waals surface area (Å²) >= 11 is 15.0. The lowest BCUT2D eigenvalue weighted by atomic mass is 10.2. The summed E-state index contributed by atoms with van der Waals surface area (Å²) in [6.45, 7) is 1.73. The molecule has 0 fully saturated rings. The highest BCUT2D eigenvalue weighted by Crippen LogP contribution is 2.29. The summed E-state index contributed by atoms with van der Waals surface area (Å²) in [5.74, 6) is 0. The first-order valence-electron chi connectivity index (χ1n) is 5.53. The van der Waals surface area contributed by atoms with Crippen molar-refractivity contribution in [1.82, 2.24) is 0 Å². The second kappa shape index (κ2) is 5.93. The van der Waals surface area contributed by atoms with Crippen LogP contribution in [-0.4, -0.2) is 8.42 Å². The van der Waals surface area contributed by atoms with E-state index in [1.54, 1.807) is 31.2 Å². The van der Waals surface area contributed by atoms with E-state index in [1.165, 1.54) is 12.1 Å². The van der Waals surface area contributed by atoms with Gasteiger partial charge < -0.3 is 0 Å². The van der Waals surface area contributed by atoms with Gasteiger partial charge in [0.15, 0.2) is 0 Å². The molecule has 2 rings (SSSR count). The monoisotopic (exact) mass is 393 g/mol. The zero-order valence-electron chi connectivity index (χ0n) is 10.3. The van der Waals surface area contributed by atoms with Gasteiger partial charge in [-0.15, -0.1) is 0 Å². The Morgan fingerprint density at radius 1 is 1.10 bits per heavy atom. The van der Waals surface area contributed by atoms with E-state index < -0.39 is 10.0 Å². The number of hydrogen-bond donors (Lipinski definition) is 1. The summed E-state index contributed by atoms with van der Waals surface area (Å²) in [6.07, 6.45) is 0. The molecule has 0 bridgehead atoms. The predicted octanol–water partition coefficient (Wildman–Crippen LogP) is 4.87. The number of halogens is 3. The third-order valence-corrected chi connectivity index (χ3v) is 5.16. The fourth-order valence-electron chi connectivity index (χ4n) is 1.64. The third-order valence-electron chi connectivity index (χ3n) is 2.62. The summed E-state index contributed by atoms with van der Waals surface area (Å²) in [4.78, 5) is 0.192. The van der Waals surface area contributed by atoms with E-state index in [9.17, 15) is 8.42 Å². The minimum Gasteiger partial charge on any atom is -0.278 e. The van der Waals surface area contributed by atoms with Gasteiger partial charge in [0.2, 0.25) is 0 Å². The number of anilines is 1. The first-order chi connectivity index (χ1) is 9.29. The van der Waals surface area contributed by atoms with Crippen LogP contribution >= 0.6 is 39.1 Å². The molecule has 0 aliphatic rings. The molecule has 0 aliphatic carbocycles. The molecule has 0 heterocycles. The molecule has 0 unspecified atom stereocenters. The number of nitrogens with one attached hydrogen (secondary N) is 1. The van der Waals surface area contributed by atoms with Crippen molar-refractivity contribution >= 4 is 54.8 Å². The van der Waals surface area contributed by atoms with Gasteiger partial charge in [0.1, 0.15) is 0 Å². The van der Waals surface area contributed by atoms with Crippen LogP contribution in [0, 0.1) is 6.92 Å². The largest absolute Gasteiger partial charge is 0.278 e. The predicted molar refractivity (Wildman–Crippen MR) is 86.1 cm³/mol. The molecule has 0 radical (unpaired) electrons. The highest BCUT2D eigenvalue weighted by Gasteiger charge is 2.18. The Morgan fingerprint density at radius 2 is 1.80 bits per heavy atom. The second-order valence-electron chi connectivity index (χ2n) is 4.14. The van der Waals surface area contributed by atoms with Gasteiger partial charge in [-0.25, -0.2) is 8.42 Å². The van der Waals surface area contributed by atoms with Crippen LogP contribution in [0.15, 0.2) is 45.8 Å². The Balaban J connectivity index is 2.43. The van der Waals surface area contributed by atoms with E-state index >= 15 is 0 Å². The Bertz CT molecular complexity index is 763. The molecule has 2 aromatic rings. The molecule has 0 amide bonds. The third kappa shape index (κ3) is 3.47. The van der Waals surface area contributed by atoms with Crippen LogP contribution in [-0.2, 0) is 10.0 Å². The molecule has 0 saturated carbocycles. The zero-order valence-corrected chi connectivity index (χ0v) is 14.2. The van der Waals surface area contributed by atoms with Crippen LogP contribution in [0.2, 0.25) is 10.0 Å². The number of aryl methyl sites for hydroxylation is 1. The van der Waals surface area contributed by atoms with E-state index in [4.69, 9.17) is 23.2 Å². The maximum atomic E-state index is 12.4. The first kappa shape index (κ1) is 15.6. The fourth-order valence-corrected chi connectivity index (χ4v) is 4.01. The van der Waals surface area contributed by atoms with Crippen molar-refractivity contribution in [3.8, 4) is 0 Å². The highest BCUT2D eigenvalue weighted by molar-refractivity contribution is 9.10. The van der Waals surface area contributed by atoms with E-state index in [0.29, 0.717) is 15.1 Å². The standard InChI is InChI=1S/C13H10BrCl2NO2S/c1-8-2-3-9(14)6-13(8)20(18,19)17-12-5-4-10(15)7-11(12)16/h2-7,17H,1H3. The van der Waals surface area contributed by atoms with Crippen molar-refractivity contribution in [2.24, 2.45) is 0 Å². The number of rotatable bonds is 3. The number of benzene rings is 2. The van der Waals surface area contributed by atoms with Crippen LogP contribution < -0.4 is 4.72 Å². The normalized spacial score (nSPS) is 11.4. The summed E-state index contributed by atoms with van der Waals surface area (Å²) in [5, 5.41) is 0.685. The number of hydrogen-bond acceptors (Lipinski definition) is 2. The van der Waals surface area contributed by atoms with Crippen LogP contribution in [0.5, 0.6) is 0 Å². The maximum absolute atomic E-state index is 12.4. The first-order valence-corrected chi connectivity index (χ1v) is 8.57. The van der Waals surface area contributed by atoms with Gasteiger partial charge in [-0.3, -0.25) is 4.72 Å². The molecule has 0 aromatic heterocycles. The van der Waals surface area contributed by atoms with Crippen LogP contribution in [0.4, 0.5) is 5.69 Å². The minimum atomic E-state index is -3.71.